The van der Waals surface area contributed by atoms with Crippen molar-refractivity contribution in [2.75, 3.05) is 0 Å². The van der Waals surface area contributed by atoms with Crippen molar-refractivity contribution in [3.8, 4) is 0 Å². The molecule has 0 aliphatic carbocycles. The Bertz CT molecular complexity index is 601. The van der Waals surface area contributed by atoms with E-state index in [0.29, 0.717) is 4.47 Å². The Morgan fingerprint density at radius 1 is 1.28 bits per heavy atom. The number of hydrogen-bond acceptors (Lipinski definition) is 3. The Morgan fingerprint density at radius 3 is 2.67 bits per heavy atom. The predicted octanol–water partition coefficient (Wildman–Crippen LogP) is 4.00. The second kappa shape index (κ2) is 5.54. The van der Waals surface area contributed by atoms with E-state index in [-0.39, 0.29) is 5.56 Å². The fourth-order valence-corrected chi connectivity index (χ4v) is 2.81. The Balaban J connectivity index is 2.30. The fraction of sp³-hybridized carbons (Fsp3) is 0.0769. The Hall–Kier alpha value is -1.33. The molecule has 1 N–H and O–H groups in total. The van der Waals surface area contributed by atoms with Gasteiger partial charge < -0.3 is 5.11 Å². The molecule has 0 amide bonds. The van der Waals surface area contributed by atoms with Gasteiger partial charge in [-0.2, -0.15) is 0 Å². The molecule has 0 aliphatic heterocycles. The standard InChI is InChI=1S/C13H10BrNO2S/c1-8-6-10(4-5-15-8)18-9-2-3-12(14)11(7-9)13(16)17/h2-7H,1H3,(H,16,17). The Labute approximate surface area is 117 Å². The number of aromatic carboxylic acids is 1. The van der Waals surface area contributed by atoms with Crippen LogP contribution >= 0.6 is 27.7 Å². The number of hydrogen-bond donors (Lipinski definition) is 1. The second-order valence-electron chi connectivity index (χ2n) is 3.68. The van der Waals surface area contributed by atoms with Crippen LogP contribution in [0.15, 0.2) is 50.8 Å². The van der Waals surface area contributed by atoms with E-state index in [9.17, 15) is 4.79 Å². The summed E-state index contributed by atoms with van der Waals surface area (Å²) in [4.78, 5) is 17.1. The van der Waals surface area contributed by atoms with E-state index in [2.05, 4.69) is 20.9 Å². The van der Waals surface area contributed by atoms with Gasteiger partial charge in [-0.3, -0.25) is 4.98 Å². The number of nitrogens with zero attached hydrogens (tertiary/aromatic N) is 1. The zero-order valence-corrected chi connectivity index (χ0v) is 12.0. The van der Waals surface area contributed by atoms with Gasteiger partial charge in [0.15, 0.2) is 0 Å². The molecule has 0 saturated carbocycles. The third kappa shape index (κ3) is 3.11. The lowest BCUT2D eigenvalue weighted by Gasteiger charge is -2.05. The number of carboxylic acids is 1. The average Bonchev–Trinajstić information content (AvgIpc) is 2.31. The number of carboxylic acid groups (broad SMARTS) is 1. The zero-order chi connectivity index (χ0) is 13.1. The summed E-state index contributed by atoms with van der Waals surface area (Å²) in [5.41, 5.74) is 1.21. The van der Waals surface area contributed by atoms with Gasteiger partial charge in [0.25, 0.3) is 0 Å². The van der Waals surface area contributed by atoms with Gasteiger partial charge in [-0.25, -0.2) is 4.79 Å². The SMILES string of the molecule is Cc1cc(Sc2ccc(Br)c(C(=O)O)c2)ccn1. The smallest absolute Gasteiger partial charge is 0.336 e. The number of rotatable bonds is 3. The topological polar surface area (TPSA) is 50.2 Å². The van der Waals surface area contributed by atoms with E-state index >= 15 is 0 Å². The van der Waals surface area contributed by atoms with Crippen LogP contribution in [0.25, 0.3) is 0 Å². The minimum absolute atomic E-state index is 0.269. The molecule has 0 aliphatic rings. The van der Waals surface area contributed by atoms with Crippen LogP contribution in [0.4, 0.5) is 0 Å². The molecule has 0 radical (unpaired) electrons. The molecule has 1 heterocycles. The Morgan fingerprint density at radius 2 is 2.00 bits per heavy atom. The van der Waals surface area contributed by atoms with Crippen molar-refractivity contribution in [3.63, 3.8) is 0 Å². The van der Waals surface area contributed by atoms with Gasteiger partial charge in [0.1, 0.15) is 0 Å². The van der Waals surface area contributed by atoms with E-state index in [1.54, 1.807) is 18.3 Å². The van der Waals surface area contributed by atoms with Crippen LogP contribution in [0.1, 0.15) is 16.1 Å². The summed E-state index contributed by atoms with van der Waals surface area (Å²) in [6.45, 7) is 1.92. The van der Waals surface area contributed by atoms with Crippen LogP contribution in [-0.2, 0) is 0 Å². The quantitative estimate of drug-likeness (QED) is 0.927. The van der Waals surface area contributed by atoms with Crippen molar-refractivity contribution in [2.45, 2.75) is 16.7 Å². The molecule has 3 nitrogen and oxygen atoms in total. The molecular formula is C13H10BrNO2S. The predicted molar refractivity (Wildman–Crippen MR) is 74.2 cm³/mol. The molecule has 0 spiro atoms. The number of aromatic nitrogens is 1. The van der Waals surface area contributed by atoms with Gasteiger partial charge in [-0.15, -0.1) is 0 Å². The average molecular weight is 324 g/mol. The first kappa shape index (κ1) is 13.1. The lowest BCUT2D eigenvalue weighted by Crippen LogP contribution is -1.97. The molecule has 0 bridgehead atoms. The van der Waals surface area contributed by atoms with E-state index in [1.165, 1.54) is 11.8 Å². The van der Waals surface area contributed by atoms with Crippen molar-refractivity contribution in [3.05, 3.63) is 52.3 Å². The third-order valence-corrected chi connectivity index (χ3v) is 3.94. The van der Waals surface area contributed by atoms with Crippen molar-refractivity contribution in [2.24, 2.45) is 0 Å². The number of benzene rings is 1. The molecule has 0 atom stereocenters. The molecule has 2 aromatic rings. The summed E-state index contributed by atoms with van der Waals surface area (Å²) in [6, 6.07) is 9.16. The minimum Gasteiger partial charge on any atom is -0.478 e. The highest BCUT2D eigenvalue weighted by Crippen LogP contribution is 2.30. The van der Waals surface area contributed by atoms with E-state index < -0.39 is 5.97 Å². The summed E-state index contributed by atoms with van der Waals surface area (Å²) in [5.74, 6) is -0.935. The molecular weight excluding hydrogens is 314 g/mol. The fourth-order valence-electron chi connectivity index (χ4n) is 1.45. The molecule has 0 saturated heterocycles. The van der Waals surface area contributed by atoms with E-state index in [4.69, 9.17) is 5.11 Å². The Kier molecular flexibility index (Phi) is 4.04. The molecule has 0 unspecified atom stereocenters. The summed E-state index contributed by atoms with van der Waals surface area (Å²) >= 11 is 4.75. The number of aryl methyl sites for hydroxylation is 1. The van der Waals surface area contributed by atoms with Gasteiger partial charge in [-0.05, 0) is 53.2 Å². The first-order valence-corrected chi connectivity index (χ1v) is 6.80. The normalized spacial score (nSPS) is 10.3. The lowest BCUT2D eigenvalue weighted by molar-refractivity contribution is 0.0695. The van der Waals surface area contributed by atoms with Crippen LogP contribution < -0.4 is 0 Å². The van der Waals surface area contributed by atoms with Crippen LogP contribution in [0.3, 0.4) is 0 Å². The van der Waals surface area contributed by atoms with Gasteiger partial charge in [-0.1, -0.05) is 11.8 Å². The zero-order valence-electron chi connectivity index (χ0n) is 9.55. The van der Waals surface area contributed by atoms with Crippen molar-refractivity contribution in [1.29, 1.82) is 0 Å². The second-order valence-corrected chi connectivity index (χ2v) is 5.68. The summed E-state index contributed by atoms with van der Waals surface area (Å²) < 4.78 is 0.588. The summed E-state index contributed by atoms with van der Waals surface area (Å²) in [7, 11) is 0. The molecule has 2 rings (SSSR count). The number of halogens is 1. The maximum Gasteiger partial charge on any atom is 0.336 e. The molecule has 18 heavy (non-hydrogen) atoms. The molecule has 5 heteroatoms. The van der Waals surface area contributed by atoms with Crippen LogP contribution in [-0.4, -0.2) is 16.1 Å². The summed E-state index contributed by atoms with van der Waals surface area (Å²) in [5, 5.41) is 9.05. The van der Waals surface area contributed by atoms with E-state index in [0.717, 1.165) is 15.5 Å². The highest BCUT2D eigenvalue weighted by Gasteiger charge is 2.09. The van der Waals surface area contributed by atoms with Crippen molar-refractivity contribution in [1.82, 2.24) is 4.98 Å². The summed E-state index contributed by atoms with van der Waals surface area (Å²) in [6.07, 6.45) is 1.74. The van der Waals surface area contributed by atoms with Gasteiger partial charge >= 0.3 is 5.97 Å². The number of pyridine rings is 1. The highest BCUT2D eigenvalue weighted by molar-refractivity contribution is 9.10. The molecule has 1 aromatic carbocycles. The van der Waals surface area contributed by atoms with Gasteiger partial charge in [0.05, 0.1) is 5.56 Å². The first-order chi connectivity index (χ1) is 8.56. The maximum absolute atomic E-state index is 11.0. The van der Waals surface area contributed by atoms with E-state index in [1.807, 2.05) is 25.1 Å². The first-order valence-electron chi connectivity index (χ1n) is 5.19. The molecule has 92 valence electrons. The number of carbonyl (C=O) groups is 1. The monoisotopic (exact) mass is 323 g/mol. The maximum atomic E-state index is 11.0. The highest BCUT2D eigenvalue weighted by atomic mass is 79.9. The largest absolute Gasteiger partial charge is 0.478 e. The molecule has 1 aromatic heterocycles. The molecule has 0 fully saturated rings. The van der Waals surface area contributed by atoms with Gasteiger partial charge in [0.2, 0.25) is 0 Å². The van der Waals surface area contributed by atoms with Crippen molar-refractivity contribution < 1.29 is 9.90 Å². The van der Waals surface area contributed by atoms with Gasteiger partial charge in [0, 0.05) is 26.2 Å². The lowest BCUT2D eigenvalue weighted by atomic mass is 10.2. The van der Waals surface area contributed by atoms with Crippen LogP contribution in [0, 0.1) is 6.92 Å². The third-order valence-electron chi connectivity index (χ3n) is 2.27. The van der Waals surface area contributed by atoms with Crippen molar-refractivity contribution >= 4 is 33.7 Å². The minimum atomic E-state index is -0.935. The van der Waals surface area contributed by atoms with Crippen LogP contribution in [0.5, 0.6) is 0 Å². The van der Waals surface area contributed by atoms with Crippen LogP contribution in [0.2, 0.25) is 0 Å².